The highest BCUT2D eigenvalue weighted by Crippen LogP contribution is 2.43. The molecule has 1 spiro atoms. The number of carbonyl (C=O) groups is 2. The number of hydrogen-bond acceptors (Lipinski definition) is 7. The third-order valence-electron chi connectivity index (χ3n) is 5.36. The Kier molecular flexibility index (Phi) is 5.05. The molecule has 0 saturated carbocycles. The van der Waals surface area contributed by atoms with Crippen LogP contribution in [-0.4, -0.2) is 66.5 Å². The Hall–Kier alpha value is -1.77. The van der Waals surface area contributed by atoms with Crippen molar-refractivity contribution >= 4 is 34.6 Å². The molecule has 1 atom stereocenters. The Balaban J connectivity index is 1.39. The average Bonchev–Trinajstić information content (AvgIpc) is 3.36. The number of carbonyl (C=O) groups excluding carboxylic acids is 2. The van der Waals surface area contributed by atoms with Crippen LogP contribution in [0.4, 0.5) is 0 Å². The minimum atomic E-state index is -0.415. The average molecular weight is 406 g/mol. The molecule has 0 aromatic carbocycles. The van der Waals surface area contributed by atoms with Gasteiger partial charge in [-0.2, -0.15) is 0 Å². The number of likely N-dealkylation sites (tertiary alicyclic amines) is 1. The predicted octanol–water partition coefficient (Wildman–Crippen LogP) is 2.97. The molecular weight excluding hydrogens is 382 g/mol. The summed E-state index contributed by atoms with van der Waals surface area (Å²) in [6, 6.07) is 4.00. The fraction of sp³-hybridized carbons (Fsp3) is 0.526. The SMILES string of the molecule is CN(C)CC1CC2(CCN(C(=O)c3csc(-c4cccs4)n3)CC2)C(=O)O1. The number of aromatic nitrogens is 1. The highest BCUT2D eigenvalue weighted by atomic mass is 32.1. The van der Waals surface area contributed by atoms with Crippen LogP contribution >= 0.6 is 22.7 Å². The fourth-order valence-corrected chi connectivity index (χ4v) is 5.55. The quantitative estimate of drug-likeness (QED) is 0.732. The summed E-state index contributed by atoms with van der Waals surface area (Å²) >= 11 is 3.12. The first-order chi connectivity index (χ1) is 13.0. The Morgan fingerprint density at radius 2 is 2.15 bits per heavy atom. The Morgan fingerprint density at radius 1 is 1.37 bits per heavy atom. The van der Waals surface area contributed by atoms with Crippen LogP contribution in [0.3, 0.4) is 0 Å². The number of hydrogen-bond donors (Lipinski definition) is 0. The number of esters is 1. The van der Waals surface area contributed by atoms with Crippen LogP contribution in [0, 0.1) is 5.41 Å². The second-order valence-corrected chi connectivity index (χ2v) is 9.39. The standard InChI is InChI=1S/C19H23N3O3S2/c1-21(2)11-13-10-19(18(24)25-13)5-7-22(8-6-19)17(23)14-12-27-16(20-14)15-4-3-9-26-15/h3-4,9,12-13H,5-8,10-11H2,1-2H3. The summed E-state index contributed by atoms with van der Waals surface area (Å²) in [5, 5.41) is 4.72. The maximum absolute atomic E-state index is 12.8. The normalized spacial score (nSPS) is 21.8. The number of ether oxygens (including phenoxy) is 1. The van der Waals surface area contributed by atoms with Gasteiger partial charge in [-0.05, 0) is 38.4 Å². The first-order valence-electron chi connectivity index (χ1n) is 9.11. The number of amides is 1. The molecule has 6 nitrogen and oxygen atoms in total. The highest BCUT2D eigenvalue weighted by Gasteiger charge is 2.50. The Bertz CT molecular complexity index is 823. The number of nitrogens with zero attached hydrogens (tertiary/aromatic N) is 3. The van der Waals surface area contributed by atoms with E-state index in [0.29, 0.717) is 31.6 Å². The van der Waals surface area contributed by atoms with Gasteiger partial charge < -0.3 is 14.5 Å². The van der Waals surface area contributed by atoms with Gasteiger partial charge in [0, 0.05) is 31.4 Å². The Labute approximate surface area is 166 Å². The molecular formula is C19H23N3O3S2. The number of likely N-dealkylation sites (N-methyl/N-ethyl adjacent to an activating group) is 1. The largest absolute Gasteiger partial charge is 0.461 e. The number of thiophene rings is 1. The number of cyclic esters (lactones) is 1. The molecule has 0 radical (unpaired) electrons. The van der Waals surface area contributed by atoms with E-state index in [9.17, 15) is 9.59 Å². The highest BCUT2D eigenvalue weighted by molar-refractivity contribution is 7.20. The molecule has 2 aromatic rings. The molecule has 4 heterocycles. The van der Waals surface area contributed by atoms with Crippen molar-refractivity contribution in [3.05, 3.63) is 28.6 Å². The molecule has 144 valence electrons. The van der Waals surface area contributed by atoms with E-state index in [1.165, 1.54) is 11.3 Å². The predicted molar refractivity (Wildman–Crippen MR) is 106 cm³/mol. The van der Waals surface area contributed by atoms with Gasteiger partial charge in [0.05, 0.1) is 10.3 Å². The van der Waals surface area contributed by atoms with Gasteiger partial charge in [0.2, 0.25) is 0 Å². The zero-order valence-electron chi connectivity index (χ0n) is 15.5. The van der Waals surface area contributed by atoms with Crippen molar-refractivity contribution < 1.29 is 14.3 Å². The molecule has 0 aliphatic carbocycles. The van der Waals surface area contributed by atoms with E-state index in [1.54, 1.807) is 11.3 Å². The molecule has 2 aromatic heterocycles. The van der Waals surface area contributed by atoms with Crippen molar-refractivity contribution in [2.45, 2.75) is 25.4 Å². The van der Waals surface area contributed by atoms with Crippen molar-refractivity contribution in [1.29, 1.82) is 0 Å². The van der Waals surface area contributed by atoms with E-state index in [-0.39, 0.29) is 18.0 Å². The minimum Gasteiger partial charge on any atom is -0.461 e. The second-order valence-electron chi connectivity index (χ2n) is 7.58. The maximum Gasteiger partial charge on any atom is 0.312 e. The van der Waals surface area contributed by atoms with E-state index in [1.807, 2.05) is 46.8 Å². The van der Waals surface area contributed by atoms with Crippen LogP contribution in [0.1, 0.15) is 29.8 Å². The minimum absolute atomic E-state index is 0.0401. The van der Waals surface area contributed by atoms with Gasteiger partial charge in [-0.15, -0.1) is 22.7 Å². The van der Waals surface area contributed by atoms with Crippen LogP contribution in [0.15, 0.2) is 22.9 Å². The van der Waals surface area contributed by atoms with Crippen molar-refractivity contribution in [2.24, 2.45) is 5.41 Å². The van der Waals surface area contributed by atoms with E-state index < -0.39 is 5.41 Å². The molecule has 2 aliphatic heterocycles. The lowest BCUT2D eigenvalue weighted by atomic mass is 9.76. The van der Waals surface area contributed by atoms with Gasteiger partial charge in [0.25, 0.3) is 5.91 Å². The third-order valence-corrected chi connectivity index (χ3v) is 7.24. The molecule has 2 saturated heterocycles. The van der Waals surface area contributed by atoms with Gasteiger partial charge in [-0.3, -0.25) is 9.59 Å². The van der Waals surface area contributed by atoms with E-state index in [0.717, 1.165) is 22.9 Å². The molecule has 2 fully saturated rings. The van der Waals surface area contributed by atoms with Crippen molar-refractivity contribution in [3.63, 3.8) is 0 Å². The summed E-state index contributed by atoms with van der Waals surface area (Å²) in [6.45, 7) is 1.91. The van der Waals surface area contributed by atoms with Crippen molar-refractivity contribution in [1.82, 2.24) is 14.8 Å². The van der Waals surface area contributed by atoms with Gasteiger partial charge in [0.15, 0.2) is 0 Å². The summed E-state index contributed by atoms with van der Waals surface area (Å²) < 4.78 is 5.60. The first kappa shape index (κ1) is 18.6. The van der Waals surface area contributed by atoms with E-state index in [4.69, 9.17) is 4.74 Å². The fourth-order valence-electron chi connectivity index (χ4n) is 3.94. The summed E-state index contributed by atoms with van der Waals surface area (Å²) in [4.78, 5) is 34.8. The Morgan fingerprint density at radius 3 is 2.81 bits per heavy atom. The lowest BCUT2D eigenvalue weighted by Crippen LogP contribution is -2.45. The van der Waals surface area contributed by atoms with Crippen LogP contribution in [0.5, 0.6) is 0 Å². The number of thiazole rings is 1. The number of piperidine rings is 1. The third kappa shape index (κ3) is 3.66. The number of rotatable bonds is 4. The summed E-state index contributed by atoms with van der Waals surface area (Å²) in [6.07, 6.45) is 2.06. The van der Waals surface area contributed by atoms with Crippen LogP contribution in [-0.2, 0) is 9.53 Å². The van der Waals surface area contributed by atoms with Crippen LogP contribution in [0.25, 0.3) is 9.88 Å². The lowest BCUT2D eigenvalue weighted by Gasteiger charge is -2.36. The monoisotopic (exact) mass is 405 g/mol. The molecule has 1 unspecified atom stereocenters. The van der Waals surface area contributed by atoms with E-state index in [2.05, 4.69) is 4.98 Å². The van der Waals surface area contributed by atoms with Gasteiger partial charge in [0.1, 0.15) is 16.8 Å². The second kappa shape index (κ2) is 7.33. The molecule has 27 heavy (non-hydrogen) atoms. The topological polar surface area (TPSA) is 62.7 Å². The molecule has 0 bridgehead atoms. The smallest absolute Gasteiger partial charge is 0.312 e. The van der Waals surface area contributed by atoms with Gasteiger partial charge in [-0.1, -0.05) is 6.07 Å². The summed E-state index contributed by atoms with van der Waals surface area (Å²) in [7, 11) is 3.97. The molecule has 0 N–H and O–H groups in total. The van der Waals surface area contributed by atoms with Crippen LogP contribution < -0.4 is 0 Å². The molecule has 2 aliphatic rings. The van der Waals surface area contributed by atoms with Gasteiger partial charge >= 0.3 is 5.97 Å². The van der Waals surface area contributed by atoms with E-state index >= 15 is 0 Å². The zero-order valence-corrected chi connectivity index (χ0v) is 17.1. The zero-order chi connectivity index (χ0) is 19.0. The van der Waals surface area contributed by atoms with Crippen LogP contribution in [0.2, 0.25) is 0 Å². The van der Waals surface area contributed by atoms with Crippen molar-refractivity contribution in [3.8, 4) is 9.88 Å². The van der Waals surface area contributed by atoms with Crippen molar-refractivity contribution in [2.75, 3.05) is 33.7 Å². The molecule has 8 heteroatoms. The summed E-state index contributed by atoms with van der Waals surface area (Å²) in [5.74, 6) is -0.129. The molecule has 1 amide bonds. The summed E-state index contributed by atoms with van der Waals surface area (Å²) in [5.41, 5.74) is 0.0839. The molecule has 4 rings (SSSR count). The maximum atomic E-state index is 12.8. The van der Waals surface area contributed by atoms with Gasteiger partial charge in [-0.25, -0.2) is 4.98 Å². The first-order valence-corrected chi connectivity index (χ1v) is 10.9. The lowest BCUT2D eigenvalue weighted by molar-refractivity contribution is -0.150.